The average molecular weight is 197 g/mol. The Morgan fingerprint density at radius 3 is 2.62 bits per heavy atom. The number of benzene rings is 1. The lowest BCUT2D eigenvalue weighted by molar-refractivity contribution is -0.124. The van der Waals surface area contributed by atoms with Crippen LogP contribution in [-0.4, -0.2) is 11.3 Å². The number of primary amides is 1. The van der Waals surface area contributed by atoms with Crippen molar-refractivity contribution in [1.29, 1.82) is 0 Å². The maximum Gasteiger partial charge on any atom is 0.256 e. The smallest absolute Gasteiger partial charge is 0.256 e. The molecular formula is C9H11NO2S. The number of amides is 1. The molecule has 2 N–H and O–H groups in total. The predicted octanol–water partition coefficient (Wildman–Crippen LogP) is 0.944. The fraction of sp³-hybridized carbons (Fsp3) is 0.222. The Morgan fingerprint density at radius 1 is 1.46 bits per heavy atom. The van der Waals surface area contributed by atoms with Gasteiger partial charge in [-0.15, -0.1) is 12.6 Å². The van der Waals surface area contributed by atoms with Crippen LogP contribution in [0.15, 0.2) is 30.3 Å². The molecule has 0 aliphatic rings. The van der Waals surface area contributed by atoms with E-state index in [-0.39, 0.29) is 0 Å². The Morgan fingerprint density at radius 2 is 2.08 bits per heavy atom. The standard InChI is InChI=1S/C9H11NO2S/c10-8(11)9(13)12-6-7-4-2-1-3-5-7/h1-5,9,13H,6H2,(H2,10,11). The van der Waals surface area contributed by atoms with Crippen molar-refractivity contribution in [1.82, 2.24) is 0 Å². The Bertz CT molecular complexity index is 276. The molecule has 0 aliphatic heterocycles. The molecule has 0 fully saturated rings. The molecule has 3 nitrogen and oxygen atoms in total. The zero-order chi connectivity index (χ0) is 9.68. The summed E-state index contributed by atoms with van der Waals surface area (Å²) in [5.74, 6) is -0.570. The molecule has 70 valence electrons. The molecule has 0 saturated heterocycles. The summed E-state index contributed by atoms with van der Waals surface area (Å²) in [5, 5.41) is 0. The number of ether oxygens (including phenoxy) is 1. The molecular weight excluding hydrogens is 186 g/mol. The number of rotatable bonds is 4. The molecule has 0 saturated carbocycles. The van der Waals surface area contributed by atoms with Crippen LogP contribution in [0.25, 0.3) is 0 Å². The summed E-state index contributed by atoms with van der Waals surface area (Å²) < 4.78 is 5.08. The van der Waals surface area contributed by atoms with Crippen LogP contribution in [0.4, 0.5) is 0 Å². The van der Waals surface area contributed by atoms with E-state index in [1.54, 1.807) is 0 Å². The summed E-state index contributed by atoms with van der Waals surface area (Å²) in [4.78, 5) is 10.5. The van der Waals surface area contributed by atoms with Crippen molar-refractivity contribution in [2.45, 2.75) is 12.0 Å². The molecule has 1 aromatic carbocycles. The molecule has 0 aromatic heterocycles. The molecule has 13 heavy (non-hydrogen) atoms. The minimum atomic E-state index is -0.833. The van der Waals surface area contributed by atoms with Gasteiger partial charge in [0.05, 0.1) is 6.61 Å². The van der Waals surface area contributed by atoms with Crippen LogP contribution in [0.3, 0.4) is 0 Å². The lowest BCUT2D eigenvalue weighted by Gasteiger charge is -2.07. The van der Waals surface area contributed by atoms with Crippen molar-refractivity contribution < 1.29 is 9.53 Å². The van der Waals surface area contributed by atoms with Gasteiger partial charge in [-0.25, -0.2) is 0 Å². The second-order valence-corrected chi connectivity index (χ2v) is 3.02. The van der Waals surface area contributed by atoms with Crippen LogP contribution in [0.2, 0.25) is 0 Å². The van der Waals surface area contributed by atoms with Gasteiger partial charge in [-0.2, -0.15) is 0 Å². The van der Waals surface area contributed by atoms with Gasteiger partial charge < -0.3 is 10.5 Å². The topological polar surface area (TPSA) is 52.3 Å². The van der Waals surface area contributed by atoms with Gasteiger partial charge in [0.15, 0.2) is 5.44 Å². The van der Waals surface area contributed by atoms with Gasteiger partial charge in [0, 0.05) is 0 Å². The molecule has 4 heteroatoms. The van der Waals surface area contributed by atoms with Crippen molar-refractivity contribution in [3.8, 4) is 0 Å². The van der Waals surface area contributed by atoms with E-state index in [1.807, 2.05) is 30.3 Å². The number of nitrogens with two attached hydrogens (primary N) is 1. The fourth-order valence-electron chi connectivity index (χ4n) is 0.832. The van der Waals surface area contributed by atoms with Gasteiger partial charge in [0.25, 0.3) is 5.91 Å². The van der Waals surface area contributed by atoms with Gasteiger partial charge in [0.2, 0.25) is 0 Å². The highest BCUT2D eigenvalue weighted by molar-refractivity contribution is 7.81. The highest BCUT2D eigenvalue weighted by atomic mass is 32.1. The van der Waals surface area contributed by atoms with E-state index < -0.39 is 11.3 Å². The first-order valence-electron chi connectivity index (χ1n) is 3.83. The summed E-state index contributed by atoms with van der Waals surface area (Å²) >= 11 is 3.86. The molecule has 0 aliphatic carbocycles. The lowest BCUT2D eigenvalue weighted by Crippen LogP contribution is -2.26. The SMILES string of the molecule is NC(=O)C(S)OCc1ccccc1. The Hall–Kier alpha value is -1.00. The number of carbonyl (C=O) groups excluding carboxylic acids is 1. The molecule has 1 rings (SSSR count). The van der Waals surface area contributed by atoms with Crippen LogP contribution >= 0.6 is 12.6 Å². The van der Waals surface area contributed by atoms with Crippen molar-refractivity contribution in [2.24, 2.45) is 5.73 Å². The van der Waals surface area contributed by atoms with Crippen molar-refractivity contribution >= 4 is 18.5 Å². The highest BCUT2D eigenvalue weighted by Gasteiger charge is 2.08. The normalized spacial score (nSPS) is 12.4. The van der Waals surface area contributed by atoms with Crippen LogP contribution in [0, 0.1) is 0 Å². The summed E-state index contributed by atoms with van der Waals surface area (Å²) in [6.45, 7) is 0.345. The first-order valence-corrected chi connectivity index (χ1v) is 4.34. The Labute approximate surface area is 82.3 Å². The van der Waals surface area contributed by atoms with Crippen LogP contribution in [0.5, 0.6) is 0 Å². The van der Waals surface area contributed by atoms with Crippen molar-refractivity contribution in [3.05, 3.63) is 35.9 Å². The van der Waals surface area contributed by atoms with Crippen LogP contribution < -0.4 is 5.73 Å². The minimum absolute atomic E-state index is 0.345. The zero-order valence-electron chi connectivity index (χ0n) is 7.01. The number of hydrogen-bond acceptors (Lipinski definition) is 3. The maximum absolute atomic E-state index is 10.5. The van der Waals surface area contributed by atoms with E-state index >= 15 is 0 Å². The molecule has 0 bridgehead atoms. The van der Waals surface area contributed by atoms with Gasteiger partial charge >= 0.3 is 0 Å². The van der Waals surface area contributed by atoms with E-state index in [9.17, 15) is 4.79 Å². The quantitative estimate of drug-likeness (QED) is 0.557. The summed E-state index contributed by atoms with van der Waals surface area (Å²) in [5.41, 5.74) is 5.12. The van der Waals surface area contributed by atoms with Gasteiger partial charge in [-0.3, -0.25) is 4.79 Å². The van der Waals surface area contributed by atoms with E-state index in [4.69, 9.17) is 10.5 Å². The van der Waals surface area contributed by atoms with Crippen LogP contribution in [-0.2, 0) is 16.1 Å². The van der Waals surface area contributed by atoms with Gasteiger partial charge in [-0.1, -0.05) is 30.3 Å². The Balaban J connectivity index is 2.39. The number of hydrogen-bond donors (Lipinski definition) is 2. The third-order valence-electron chi connectivity index (χ3n) is 1.49. The van der Waals surface area contributed by atoms with Crippen molar-refractivity contribution in [3.63, 3.8) is 0 Å². The summed E-state index contributed by atoms with van der Waals surface area (Å²) in [6, 6.07) is 9.52. The summed E-state index contributed by atoms with van der Waals surface area (Å²) in [6.07, 6.45) is 0. The molecule has 0 radical (unpaired) electrons. The van der Waals surface area contributed by atoms with E-state index in [0.29, 0.717) is 6.61 Å². The lowest BCUT2D eigenvalue weighted by atomic mass is 10.2. The molecule has 1 unspecified atom stereocenters. The third-order valence-corrected chi connectivity index (χ3v) is 1.90. The number of carbonyl (C=O) groups is 1. The zero-order valence-corrected chi connectivity index (χ0v) is 7.91. The number of thiol groups is 1. The maximum atomic E-state index is 10.5. The molecule has 0 heterocycles. The molecule has 0 spiro atoms. The van der Waals surface area contributed by atoms with E-state index in [0.717, 1.165) is 5.56 Å². The summed E-state index contributed by atoms with van der Waals surface area (Å²) in [7, 11) is 0. The van der Waals surface area contributed by atoms with E-state index in [2.05, 4.69) is 12.6 Å². The minimum Gasteiger partial charge on any atom is -0.367 e. The van der Waals surface area contributed by atoms with Gasteiger partial charge in [-0.05, 0) is 5.56 Å². The van der Waals surface area contributed by atoms with Crippen LogP contribution in [0.1, 0.15) is 5.56 Å². The third kappa shape index (κ3) is 3.48. The largest absolute Gasteiger partial charge is 0.367 e. The van der Waals surface area contributed by atoms with E-state index in [1.165, 1.54) is 0 Å². The Kier molecular flexibility index (Phi) is 3.79. The average Bonchev–Trinajstić information content (AvgIpc) is 2.15. The first-order chi connectivity index (χ1) is 6.20. The molecule has 1 atom stereocenters. The monoisotopic (exact) mass is 197 g/mol. The highest BCUT2D eigenvalue weighted by Crippen LogP contribution is 2.04. The second kappa shape index (κ2) is 4.89. The molecule has 1 aromatic rings. The second-order valence-electron chi connectivity index (χ2n) is 2.55. The van der Waals surface area contributed by atoms with Gasteiger partial charge in [0.1, 0.15) is 0 Å². The molecule has 1 amide bonds. The fourth-order valence-corrected chi connectivity index (χ4v) is 0.906. The van der Waals surface area contributed by atoms with Crippen molar-refractivity contribution in [2.75, 3.05) is 0 Å². The first kappa shape index (κ1) is 10.1. The predicted molar refractivity (Wildman–Crippen MR) is 53.2 cm³/mol.